The third-order valence-corrected chi connectivity index (χ3v) is 3.87. The number of hydrogen-bond acceptors (Lipinski definition) is 5. The van der Waals surface area contributed by atoms with Crippen molar-refractivity contribution in [3.05, 3.63) is 23.8 Å². The van der Waals surface area contributed by atoms with Gasteiger partial charge in [-0.1, -0.05) is 6.92 Å². The number of ether oxygens (including phenoxy) is 1. The van der Waals surface area contributed by atoms with Gasteiger partial charge in [-0.05, 0) is 51.1 Å². The highest BCUT2D eigenvalue weighted by Gasteiger charge is 2.19. The van der Waals surface area contributed by atoms with Gasteiger partial charge in [0.05, 0.1) is 12.2 Å². The number of anilines is 2. The third-order valence-electron chi connectivity index (χ3n) is 3.87. The maximum atomic E-state index is 11.9. The van der Waals surface area contributed by atoms with Crippen molar-refractivity contribution in [2.24, 2.45) is 0 Å². The number of hydrogen-bond donors (Lipinski definition) is 2. The van der Waals surface area contributed by atoms with E-state index in [1.165, 1.54) is 13.0 Å². The number of piperidine rings is 1. The van der Waals surface area contributed by atoms with Gasteiger partial charge in [-0.15, -0.1) is 0 Å². The highest BCUT2D eigenvalue weighted by atomic mass is 16.5. The van der Waals surface area contributed by atoms with Crippen LogP contribution in [0.5, 0.6) is 0 Å². The summed E-state index contributed by atoms with van der Waals surface area (Å²) in [6, 6.07) is 5.88. The smallest absolute Gasteiger partial charge is 0.340 e. The fraction of sp³-hybridized carbons (Fsp3) is 0.562. The highest BCUT2D eigenvalue weighted by molar-refractivity contribution is 5.96. The van der Waals surface area contributed by atoms with Crippen LogP contribution in [0.1, 0.15) is 37.0 Å². The molecule has 0 amide bonds. The monoisotopic (exact) mass is 291 g/mol. The molecule has 0 bridgehead atoms. The predicted octanol–water partition coefficient (Wildman–Crippen LogP) is 2.34. The Morgan fingerprint density at radius 1 is 1.48 bits per heavy atom. The summed E-state index contributed by atoms with van der Waals surface area (Å²) in [6.07, 6.45) is 2.35. The predicted molar refractivity (Wildman–Crippen MR) is 85.6 cm³/mol. The Bertz CT molecular complexity index is 490. The quantitative estimate of drug-likeness (QED) is 0.644. The number of benzene rings is 1. The van der Waals surface area contributed by atoms with E-state index in [4.69, 9.17) is 10.5 Å². The standard InChI is InChI=1S/C16H25N3O2/c1-3-19-9-5-6-13(11-19)18-12-7-8-15(17)14(10-12)16(20)21-4-2/h7-8,10,13,18H,3-6,9,11,17H2,1-2H3. The van der Waals surface area contributed by atoms with Crippen molar-refractivity contribution in [1.29, 1.82) is 0 Å². The van der Waals surface area contributed by atoms with Gasteiger partial charge in [0, 0.05) is 24.0 Å². The van der Waals surface area contributed by atoms with Gasteiger partial charge in [0.25, 0.3) is 0 Å². The SMILES string of the molecule is CCOC(=O)c1cc(NC2CCCN(CC)C2)ccc1N. The van der Waals surface area contributed by atoms with Gasteiger partial charge in [0.1, 0.15) is 0 Å². The summed E-state index contributed by atoms with van der Waals surface area (Å²) in [5, 5.41) is 3.50. The zero-order valence-corrected chi connectivity index (χ0v) is 12.9. The molecular weight excluding hydrogens is 266 g/mol. The van der Waals surface area contributed by atoms with Gasteiger partial charge in [-0.2, -0.15) is 0 Å². The normalized spacial score (nSPS) is 19.2. The average molecular weight is 291 g/mol. The molecule has 1 aliphatic rings. The van der Waals surface area contributed by atoms with E-state index in [0.29, 0.717) is 23.9 Å². The van der Waals surface area contributed by atoms with E-state index in [1.54, 1.807) is 19.1 Å². The molecule has 21 heavy (non-hydrogen) atoms. The Balaban J connectivity index is 2.06. The number of likely N-dealkylation sites (tertiary alicyclic amines) is 1. The molecule has 1 heterocycles. The average Bonchev–Trinajstić information content (AvgIpc) is 2.49. The Hall–Kier alpha value is -1.75. The van der Waals surface area contributed by atoms with Crippen LogP contribution in [-0.4, -0.2) is 43.2 Å². The maximum Gasteiger partial charge on any atom is 0.340 e. The molecule has 0 aliphatic carbocycles. The molecule has 1 aromatic carbocycles. The van der Waals surface area contributed by atoms with Gasteiger partial charge in [0.2, 0.25) is 0 Å². The number of nitrogens with zero attached hydrogens (tertiary/aromatic N) is 1. The Kier molecular flexibility index (Phi) is 5.44. The molecule has 0 radical (unpaired) electrons. The van der Waals surface area contributed by atoms with Crippen molar-refractivity contribution in [2.75, 3.05) is 37.3 Å². The zero-order valence-electron chi connectivity index (χ0n) is 12.9. The van der Waals surface area contributed by atoms with E-state index in [2.05, 4.69) is 17.1 Å². The minimum absolute atomic E-state index is 0.351. The summed E-state index contributed by atoms with van der Waals surface area (Å²) in [7, 11) is 0. The van der Waals surface area contributed by atoms with E-state index in [-0.39, 0.29) is 5.97 Å². The second-order valence-corrected chi connectivity index (χ2v) is 5.40. The van der Waals surface area contributed by atoms with Crippen LogP contribution in [0.15, 0.2) is 18.2 Å². The van der Waals surface area contributed by atoms with E-state index in [9.17, 15) is 4.79 Å². The van der Waals surface area contributed by atoms with E-state index >= 15 is 0 Å². The molecule has 5 heteroatoms. The molecule has 1 saturated heterocycles. The molecule has 3 N–H and O–H groups in total. The molecule has 1 atom stereocenters. The van der Waals surface area contributed by atoms with Gasteiger partial charge in [-0.25, -0.2) is 4.79 Å². The first-order valence-electron chi connectivity index (χ1n) is 7.69. The first-order chi connectivity index (χ1) is 10.1. The van der Waals surface area contributed by atoms with Crippen molar-refractivity contribution >= 4 is 17.3 Å². The minimum atomic E-state index is -0.363. The topological polar surface area (TPSA) is 67.6 Å². The maximum absolute atomic E-state index is 11.9. The van der Waals surface area contributed by atoms with Crippen LogP contribution in [0, 0.1) is 0 Å². The Morgan fingerprint density at radius 3 is 3.00 bits per heavy atom. The lowest BCUT2D eigenvalue weighted by Gasteiger charge is -2.32. The Labute approximate surface area is 126 Å². The fourth-order valence-electron chi connectivity index (χ4n) is 2.73. The van der Waals surface area contributed by atoms with Gasteiger partial charge in [-0.3, -0.25) is 0 Å². The lowest BCUT2D eigenvalue weighted by Crippen LogP contribution is -2.41. The fourth-order valence-corrected chi connectivity index (χ4v) is 2.73. The number of nitrogen functional groups attached to an aromatic ring is 1. The molecule has 2 rings (SSSR count). The number of nitrogens with two attached hydrogens (primary N) is 1. The summed E-state index contributed by atoms with van der Waals surface area (Å²) in [6.45, 7) is 7.61. The summed E-state index contributed by atoms with van der Waals surface area (Å²) < 4.78 is 5.03. The summed E-state index contributed by atoms with van der Waals surface area (Å²) >= 11 is 0. The van der Waals surface area contributed by atoms with Crippen LogP contribution in [0.4, 0.5) is 11.4 Å². The molecule has 0 spiro atoms. The van der Waals surface area contributed by atoms with Gasteiger partial charge >= 0.3 is 5.97 Å². The van der Waals surface area contributed by atoms with Crippen LogP contribution in [-0.2, 0) is 4.74 Å². The van der Waals surface area contributed by atoms with Crippen LogP contribution >= 0.6 is 0 Å². The molecule has 1 fully saturated rings. The number of rotatable bonds is 5. The van der Waals surface area contributed by atoms with E-state index < -0.39 is 0 Å². The van der Waals surface area contributed by atoms with Gasteiger partial charge in [0.15, 0.2) is 0 Å². The van der Waals surface area contributed by atoms with E-state index in [0.717, 1.165) is 25.2 Å². The number of carbonyl (C=O) groups is 1. The first kappa shape index (κ1) is 15.6. The molecule has 1 aromatic rings. The van der Waals surface area contributed by atoms with Crippen molar-refractivity contribution in [3.8, 4) is 0 Å². The summed E-state index contributed by atoms with van der Waals surface area (Å²) in [4.78, 5) is 14.3. The largest absolute Gasteiger partial charge is 0.462 e. The van der Waals surface area contributed by atoms with Crippen molar-refractivity contribution < 1.29 is 9.53 Å². The van der Waals surface area contributed by atoms with Crippen molar-refractivity contribution in [2.45, 2.75) is 32.7 Å². The zero-order chi connectivity index (χ0) is 15.2. The Morgan fingerprint density at radius 2 is 2.29 bits per heavy atom. The minimum Gasteiger partial charge on any atom is -0.462 e. The van der Waals surface area contributed by atoms with Crippen LogP contribution in [0.2, 0.25) is 0 Å². The molecular formula is C16H25N3O2. The number of likely N-dealkylation sites (N-methyl/N-ethyl adjacent to an activating group) is 1. The van der Waals surface area contributed by atoms with Crippen LogP contribution < -0.4 is 11.1 Å². The van der Waals surface area contributed by atoms with Crippen molar-refractivity contribution in [1.82, 2.24) is 4.90 Å². The van der Waals surface area contributed by atoms with E-state index in [1.807, 2.05) is 6.07 Å². The lowest BCUT2D eigenvalue weighted by molar-refractivity contribution is 0.0527. The molecule has 1 aliphatic heterocycles. The third kappa shape index (κ3) is 4.11. The second-order valence-electron chi connectivity index (χ2n) is 5.40. The van der Waals surface area contributed by atoms with Gasteiger partial charge < -0.3 is 20.7 Å². The molecule has 0 aromatic heterocycles. The number of esters is 1. The van der Waals surface area contributed by atoms with Crippen LogP contribution in [0.3, 0.4) is 0 Å². The second kappa shape index (κ2) is 7.31. The number of nitrogens with one attached hydrogen (secondary N) is 1. The molecule has 5 nitrogen and oxygen atoms in total. The summed E-state index contributed by atoms with van der Waals surface area (Å²) in [5.74, 6) is -0.363. The molecule has 1 unspecified atom stereocenters. The highest BCUT2D eigenvalue weighted by Crippen LogP contribution is 2.21. The number of carbonyl (C=O) groups excluding carboxylic acids is 1. The summed E-state index contributed by atoms with van der Waals surface area (Å²) in [5.41, 5.74) is 7.68. The van der Waals surface area contributed by atoms with Crippen LogP contribution in [0.25, 0.3) is 0 Å². The molecule has 116 valence electrons. The first-order valence-corrected chi connectivity index (χ1v) is 7.69. The lowest BCUT2D eigenvalue weighted by atomic mass is 10.0. The molecule has 0 saturated carbocycles. The van der Waals surface area contributed by atoms with Crippen molar-refractivity contribution in [3.63, 3.8) is 0 Å².